The van der Waals surface area contributed by atoms with Gasteiger partial charge in [0.1, 0.15) is 6.07 Å². The van der Waals surface area contributed by atoms with Crippen LogP contribution in [0.5, 0.6) is 0 Å². The number of rotatable bonds is 6. The molecule has 34 heavy (non-hydrogen) atoms. The van der Waals surface area contributed by atoms with E-state index in [1.165, 1.54) is 12.8 Å². The summed E-state index contributed by atoms with van der Waals surface area (Å²) in [6.45, 7) is 0. The van der Waals surface area contributed by atoms with Crippen molar-refractivity contribution < 1.29 is 0 Å². The molecule has 0 spiro atoms. The molecule has 3 heterocycles. The van der Waals surface area contributed by atoms with Gasteiger partial charge in [-0.3, -0.25) is 4.68 Å². The van der Waals surface area contributed by atoms with Gasteiger partial charge in [-0.15, -0.1) is 0 Å². The standard InChI is InChI=1S/C26H29N7S/c1-28-23-6-4-5-7-24(23)34-25-12-18(16-33-26(25)19(13-27)14-30-33)20-15-29-32(17-20)22-10-8-21(9-11-22)31(2)3/h4-7,12,14-17,21-22,28H,8-11H2,1-3H3. The van der Waals surface area contributed by atoms with Crippen molar-refractivity contribution in [3.05, 3.63) is 60.7 Å². The summed E-state index contributed by atoms with van der Waals surface area (Å²) in [6, 6.07) is 13.7. The second-order valence-corrected chi connectivity index (χ2v) is 10.1. The molecule has 0 aliphatic heterocycles. The quantitative estimate of drug-likeness (QED) is 0.411. The second kappa shape index (κ2) is 9.53. The van der Waals surface area contributed by atoms with Crippen molar-refractivity contribution in [3.8, 4) is 17.2 Å². The summed E-state index contributed by atoms with van der Waals surface area (Å²) in [5, 5.41) is 22.1. The Morgan fingerprint density at radius 1 is 1.03 bits per heavy atom. The van der Waals surface area contributed by atoms with Crippen molar-refractivity contribution in [2.24, 2.45) is 0 Å². The molecular formula is C26H29N7S. The van der Waals surface area contributed by atoms with E-state index in [0.717, 1.165) is 45.0 Å². The second-order valence-electron chi connectivity index (χ2n) is 9.04. The fourth-order valence-corrected chi connectivity index (χ4v) is 5.96. The summed E-state index contributed by atoms with van der Waals surface area (Å²) in [6.07, 6.45) is 12.4. The molecule has 0 saturated heterocycles. The molecule has 1 aromatic carbocycles. The fourth-order valence-electron chi connectivity index (χ4n) is 4.81. The lowest BCUT2D eigenvalue weighted by atomic mass is 9.91. The smallest absolute Gasteiger partial charge is 0.103 e. The molecular weight excluding hydrogens is 442 g/mol. The molecule has 1 aliphatic rings. The number of benzene rings is 1. The van der Waals surface area contributed by atoms with Crippen molar-refractivity contribution in [1.82, 2.24) is 24.3 Å². The molecule has 174 valence electrons. The maximum absolute atomic E-state index is 9.66. The number of aromatic nitrogens is 4. The van der Waals surface area contributed by atoms with Crippen LogP contribution >= 0.6 is 11.8 Å². The SMILES string of the molecule is CNc1ccccc1Sc1cc(-c2cnn(C3CCC(N(C)C)CC3)c2)cn2ncc(C#N)c12. The highest BCUT2D eigenvalue weighted by atomic mass is 32.2. The van der Waals surface area contributed by atoms with E-state index in [-0.39, 0.29) is 0 Å². The van der Waals surface area contributed by atoms with Gasteiger partial charge in [0.2, 0.25) is 0 Å². The number of para-hydroxylation sites is 1. The number of nitrogens with zero attached hydrogens (tertiary/aromatic N) is 6. The molecule has 1 fully saturated rings. The Bertz CT molecular complexity index is 1340. The van der Waals surface area contributed by atoms with Crippen LogP contribution in [-0.2, 0) is 0 Å². The van der Waals surface area contributed by atoms with E-state index in [9.17, 15) is 5.26 Å². The highest BCUT2D eigenvalue weighted by molar-refractivity contribution is 7.99. The average Bonchev–Trinajstić information content (AvgIpc) is 3.52. The molecule has 7 nitrogen and oxygen atoms in total. The van der Waals surface area contributed by atoms with Crippen LogP contribution < -0.4 is 5.32 Å². The molecule has 5 rings (SSSR count). The van der Waals surface area contributed by atoms with E-state index in [2.05, 4.69) is 64.6 Å². The van der Waals surface area contributed by atoms with Gasteiger partial charge in [-0.1, -0.05) is 23.9 Å². The first-order valence-electron chi connectivity index (χ1n) is 11.6. The van der Waals surface area contributed by atoms with E-state index >= 15 is 0 Å². The summed E-state index contributed by atoms with van der Waals surface area (Å²) in [4.78, 5) is 4.43. The van der Waals surface area contributed by atoms with Crippen LogP contribution in [0.4, 0.5) is 5.69 Å². The zero-order chi connectivity index (χ0) is 23.7. The van der Waals surface area contributed by atoms with Crippen molar-refractivity contribution in [2.75, 3.05) is 26.5 Å². The minimum Gasteiger partial charge on any atom is -0.387 e. The number of pyridine rings is 1. The summed E-state index contributed by atoms with van der Waals surface area (Å²) in [5.41, 5.74) is 4.56. The van der Waals surface area contributed by atoms with Gasteiger partial charge in [-0.2, -0.15) is 15.5 Å². The molecule has 8 heteroatoms. The maximum atomic E-state index is 9.66. The Balaban J connectivity index is 1.49. The molecule has 1 saturated carbocycles. The van der Waals surface area contributed by atoms with Gasteiger partial charge in [0.15, 0.2) is 0 Å². The molecule has 0 atom stereocenters. The number of hydrogen-bond donors (Lipinski definition) is 1. The molecule has 1 N–H and O–H groups in total. The number of anilines is 1. The minimum absolute atomic E-state index is 0.444. The van der Waals surface area contributed by atoms with Crippen molar-refractivity contribution >= 4 is 23.0 Å². The van der Waals surface area contributed by atoms with E-state index in [1.807, 2.05) is 36.1 Å². The van der Waals surface area contributed by atoms with E-state index in [1.54, 1.807) is 18.0 Å². The van der Waals surface area contributed by atoms with Crippen LogP contribution in [0.25, 0.3) is 16.6 Å². The molecule has 3 aromatic heterocycles. The first kappa shape index (κ1) is 22.5. The van der Waals surface area contributed by atoms with Crippen molar-refractivity contribution in [3.63, 3.8) is 0 Å². The van der Waals surface area contributed by atoms with Gasteiger partial charge in [-0.25, -0.2) is 4.52 Å². The zero-order valence-electron chi connectivity index (χ0n) is 19.8. The highest BCUT2D eigenvalue weighted by Gasteiger charge is 2.24. The third-order valence-electron chi connectivity index (χ3n) is 6.78. The lowest BCUT2D eigenvalue weighted by Crippen LogP contribution is -2.32. The van der Waals surface area contributed by atoms with Crippen LogP contribution in [0.15, 0.2) is 64.9 Å². The molecule has 1 aliphatic carbocycles. The summed E-state index contributed by atoms with van der Waals surface area (Å²) in [7, 11) is 6.26. The normalized spacial score (nSPS) is 18.3. The topological polar surface area (TPSA) is 74.2 Å². The van der Waals surface area contributed by atoms with E-state index < -0.39 is 0 Å². The minimum atomic E-state index is 0.444. The lowest BCUT2D eigenvalue weighted by Gasteiger charge is -2.32. The zero-order valence-corrected chi connectivity index (χ0v) is 20.6. The fraction of sp³-hybridized carbons (Fsp3) is 0.346. The molecule has 4 aromatic rings. The average molecular weight is 472 g/mol. The van der Waals surface area contributed by atoms with Gasteiger partial charge in [0.05, 0.1) is 29.5 Å². The number of hydrogen-bond acceptors (Lipinski definition) is 6. The van der Waals surface area contributed by atoms with Crippen LogP contribution in [-0.4, -0.2) is 51.5 Å². The van der Waals surface area contributed by atoms with Crippen LogP contribution in [0.3, 0.4) is 0 Å². The first-order chi connectivity index (χ1) is 16.6. The Morgan fingerprint density at radius 3 is 2.56 bits per heavy atom. The van der Waals surface area contributed by atoms with Crippen LogP contribution in [0.2, 0.25) is 0 Å². The van der Waals surface area contributed by atoms with Crippen LogP contribution in [0.1, 0.15) is 37.3 Å². The largest absolute Gasteiger partial charge is 0.387 e. The monoisotopic (exact) mass is 471 g/mol. The summed E-state index contributed by atoms with van der Waals surface area (Å²) >= 11 is 1.64. The molecule has 0 radical (unpaired) electrons. The third-order valence-corrected chi connectivity index (χ3v) is 7.89. The number of nitrogens with one attached hydrogen (secondary N) is 1. The number of fused-ring (bicyclic) bond motifs is 1. The third kappa shape index (κ3) is 4.29. The summed E-state index contributed by atoms with van der Waals surface area (Å²) < 4.78 is 3.95. The Hall–Kier alpha value is -3.28. The number of nitriles is 1. The van der Waals surface area contributed by atoms with E-state index in [4.69, 9.17) is 5.10 Å². The molecule has 0 bridgehead atoms. The lowest BCUT2D eigenvalue weighted by molar-refractivity contribution is 0.189. The Kier molecular flexibility index (Phi) is 6.31. The Morgan fingerprint density at radius 2 is 1.82 bits per heavy atom. The molecule has 0 unspecified atom stereocenters. The van der Waals surface area contributed by atoms with Crippen LogP contribution in [0, 0.1) is 11.3 Å². The van der Waals surface area contributed by atoms with Gasteiger partial charge in [-0.05, 0) is 58.0 Å². The predicted molar refractivity (Wildman–Crippen MR) is 136 cm³/mol. The van der Waals surface area contributed by atoms with Crippen molar-refractivity contribution in [1.29, 1.82) is 5.26 Å². The van der Waals surface area contributed by atoms with Gasteiger partial charge < -0.3 is 10.2 Å². The molecule has 0 amide bonds. The summed E-state index contributed by atoms with van der Waals surface area (Å²) in [5.74, 6) is 0. The van der Waals surface area contributed by atoms with Gasteiger partial charge in [0.25, 0.3) is 0 Å². The Labute approximate surface area is 204 Å². The van der Waals surface area contributed by atoms with E-state index in [0.29, 0.717) is 17.6 Å². The van der Waals surface area contributed by atoms with Crippen molar-refractivity contribution in [2.45, 2.75) is 47.6 Å². The predicted octanol–water partition coefficient (Wildman–Crippen LogP) is 5.31. The van der Waals surface area contributed by atoms with Gasteiger partial charge >= 0.3 is 0 Å². The van der Waals surface area contributed by atoms with Gasteiger partial charge in [0, 0.05) is 52.1 Å². The highest BCUT2D eigenvalue weighted by Crippen LogP contribution is 2.39. The first-order valence-corrected chi connectivity index (χ1v) is 12.5. The maximum Gasteiger partial charge on any atom is 0.103 e.